The van der Waals surface area contributed by atoms with Crippen LogP contribution in [0.2, 0.25) is 0 Å². The van der Waals surface area contributed by atoms with Crippen LogP contribution in [0.25, 0.3) is 0 Å². The minimum absolute atomic E-state index is 0.219. The second-order valence-corrected chi connectivity index (χ2v) is 2.13. The summed E-state index contributed by atoms with van der Waals surface area (Å²) in [4.78, 5) is 15.6. The molecule has 0 bridgehead atoms. The molecule has 0 aliphatic carbocycles. The van der Waals surface area contributed by atoms with Gasteiger partial charge in [-0.3, -0.25) is 9.63 Å². The van der Waals surface area contributed by atoms with E-state index in [9.17, 15) is 4.79 Å². The molecule has 0 aromatic rings. The molecule has 0 amide bonds. The maximum atomic E-state index is 10.6. The predicted molar refractivity (Wildman–Crippen MR) is 36.0 cm³/mol. The first-order valence-corrected chi connectivity index (χ1v) is 3.16. The van der Waals surface area contributed by atoms with Gasteiger partial charge in [-0.1, -0.05) is 5.92 Å². The normalized spacial score (nSPS) is 19.3. The van der Waals surface area contributed by atoms with Gasteiger partial charge < -0.3 is 0 Å². The number of Topliss-reactive ketones (excluding diaryl/α,β-unsaturated/α-hetero) is 1. The van der Waals surface area contributed by atoms with E-state index >= 15 is 0 Å². The molecule has 1 fully saturated rings. The first kappa shape index (κ1) is 7.26. The quantitative estimate of drug-likeness (QED) is 0.497. The van der Waals surface area contributed by atoms with Gasteiger partial charge in [0.25, 0.3) is 0 Å². The summed E-state index contributed by atoms with van der Waals surface area (Å²) in [5, 5.41) is 1.60. The molecule has 0 saturated carbocycles. The molecule has 1 heterocycles. The highest BCUT2D eigenvalue weighted by atomic mass is 16.7. The largest absolute Gasteiger partial charge is 0.298 e. The molecule has 0 aromatic heterocycles. The fourth-order valence-corrected chi connectivity index (χ4v) is 0.843. The molecule has 1 aliphatic heterocycles. The Kier molecular flexibility index (Phi) is 2.43. The monoisotopic (exact) mass is 139 g/mol. The fraction of sp³-hybridized carbons (Fsp3) is 0.571. The Labute approximate surface area is 59.9 Å². The van der Waals surface area contributed by atoms with Crippen molar-refractivity contribution in [3.63, 3.8) is 0 Å². The van der Waals surface area contributed by atoms with Gasteiger partial charge in [0, 0.05) is 13.0 Å². The molecule has 10 heavy (non-hydrogen) atoms. The van der Waals surface area contributed by atoms with E-state index in [0.29, 0.717) is 19.5 Å². The summed E-state index contributed by atoms with van der Waals surface area (Å²) < 4.78 is 0. The number of hydrogen-bond donors (Lipinski definition) is 0. The van der Waals surface area contributed by atoms with E-state index in [-0.39, 0.29) is 12.4 Å². The van der Waals surface area contributed by atoms with E-state index in [0.717, 1.165) is 0 Å². The Bertz CT molecular complexity index is 171. The van der Waals surface area contributed by atoms with Gasteiger partial charge in [0.15, 0.2) is 5.78 Å². The first-order valence-electron chi connectivity index (χ1n) is 3.16. The zero-order valence-corrected chi connectivity index (χ0v) is 5.67. The van der Waals surface area contributed by atoms with Gasteiger partial charge in [-0.25, -0.2) is 0 Å². The minimum Gasteiger partial charge on any atom is -0.298 e. The Morgan fingerprint density at radius 2 is 2.60 bits per heavy atom. The maximum absolute atomic E-state index is 10.6. The summed E-state index contributed by atoms with van der Waals surface area (Å²) in [6, 6.07) is 0. The number of rotatable bonds is 2. The van der Waals surface area contributed by atoms with Crippen molar-refractivity contribution in [2.45, 2.75) is 6.42 Å². The van der Waals surface area contributed by atoms with Crippen LogP contribution in [-0.4, -0.2) is 30.5 Å². The van der Waals surface area contributed by atoms with Crippen LogP contribution in [0.5, 0.6) is 0 Å². The van der Waals surface area contributed by atoms with Crippen LogP contribution in [0.4, 0.5) is 0 Å². The lowest BCUT2D eigenvalue weighted by Crippen LogP contribution is -2.21. The molecule has 54 valence electrons. The third-order valence-corrected chi connectivity index (χ3v) is 1.32. The van der Waals surface area contributed by atoms with Crippen LogP contribution in [-0.2, 0) is 9.63 Å². The molecule has 0 spiro atoms. The Morgan fingerprint density at radius 1 is 1.80 bits per heavy atom. The van der Waals surface area contributed by atoms with Crippen LogP contribution >= 0.6 is 0 Å². The standard InChI is InChI=1S/C7H9NO2/c1-2-5-10-8-4-3-7(9)6-8/h1H,3-6H2. The number of hydrogen-bond acceptors (Lipinski definition) is 3. The van der Waals surface area contributed by atoms with Crippen LogP contribution in [0.1, 0.15) is 6.42 Å². The fourth-order valence-electron chi connectivity index (χ4n) is 0.843. The van der Waals surface area contributed by atoms with Crippen molar-refractivity contribution in [2.24, 2.45) is 0 Å². The van der Waals surface area contributed by atoms with Crippen molar-refractivity contribution >= 4 is 5.78 Å². The smallest absolute Gasteiger partial charge is 0.150 e. The average molecular weight is 139 g/mol. The molecule has 1 rings (SSSR count). The Morgan fingerprint density at radius 3 is 3.10 bits per heavy atom. The van der Waals surface area contributed by atoms with Crippen molar-refractivity contribution < 1.29 is 9.63 Å². The van der Waals surface area contributed by atoms with Gasteiger partial charge in [0.05, 0.1) is 6.54 Å². The topological polar surface area (TPSA) is 29.5 Å². The van der Waals surface area contributed by atoms with Gasteiger partial charge in [-0.15, -0.1) is 6.42 Å². The summed E-state index contributed by atoms with van der Waals surface area (Å²) in [6.45, 7) is 1.33. The number of nitrogens with zero attached hydrogens (tertiary/aromatic N) is 1. The van der Waals surface area contributed by atoms with E-state index in [2.05, 4.69) is 5.92 Å². The van der Waals surface area contributed by atoms with E-state index in [1.165, 1.54) is 0 Å². The Balaban J connectivity index is 2.20. The second kappa shape index (κ2) is 3.35. The predicted octanol–water partition coefficient (Wildman–Crippen LogP) is -0.174. The van der Waals surface area contributed by atoms with Crippen LogP contribution in [0.3, 0.4) is 0 Å². The molecule has 0 N–H and O–H groups in total. The third-order valence-electron chi connectivity index (χ3n) is 1.32. The zero-order valence-electron chi connectivity index (χ0n) is 5.67. The van der Waals surface area contributed by atoms with Gasteiger partial charge in [-0.05, 0) is 0 Å². The van der Waals surface area contributed by atoms with Crippen LogP contribution in [0, 0.1) is 12.3 Å². The van der Waals surface area contributed by atoms with Crippen LogP contribution < -0.4 is 0 Å². The minimum atomic E-state index is 0.219. The summed E-state index contributed by atoms with van der Waals surface area (Å²) in [7, 11) is 0. The molecule has 0 unspecified atom stereocenters. The third kappa shape index (κ3) is 1.83. The summed E-state index contributed by atoms with van der Waals surface area (Å²) in [5.74, 6) is 2.55. The number of carbonyl (C=O) groups is 1. The lowest BCUT2D eigenvalue weighted by molar-refractivity contribution is -0.138. The lowest BCUT2D eigenvalue weighted by Gasteiger charge is -2.10. The number of hydroxylamine groups is 2. The molecule has 0 aromatic carbocycles. The number of ketones is 1. The molecule has 0 radical (unpaired) electrons. The SMILES string of the molecule is C#CCON1CCC(=O)C1. The highest BCUT2D eigenvalue weighted by Gasteiger charge is 2.18. The van der Waals surface area contributed by atoms with Gasteiger partial charge in [0.2, 0.25) is 0 Å². The molecule has 3 nitrogen and oxygen atoms in total. The molecule has 1 saturated heterocycles. The molecular weight excluding hydrogens is 130 g/mol. The van der Waals surface area contributed by atoms with Crippen LogP contribution in [0.15, 0.2) is 0 Å². The van der Waals surface area contributed by atoms with E-state index in [1.807, 2.05) is 0 Å². The highest BCUT2D eigenvalue weighted by molar-refractivity contribution is 5.82. The maximum Gasteiger partial charge on any atom is 0.150 e. The zero-order chi connectivity index (χ0) is 7.40. The van der Waals surface area contributed by atoms with Gasteiger partial charge >= 0.3 is 0 Å². The van der Waals surface area contributed by atoms with Crippen molar-refractivity contribution in [1.29, 1.82) is 0 Å². The van der Waals surface area contributed by atoms with Crippen molar-refractivity contribution in [1.82, 2.24) is 5.06 Å². The summed E-state index contributed by atoms with van der Waals surface area (Å²) >= 11 is 0. The molecule has 3 heteroatoms. The lowest BCUT2D eigenvalue weighted by atomic mass is 10.4. The summed E-state index contributed by atoms with van der Waals surface area (Å²) in [5.41, 5.74) is 0. The van der Waals surface area contributed by atoms with E-state index in [4.69, 9.17) is 11.3 Å². The van der Waals surface area contributed by atoms with Crippen molar-refractivity contribution in [3.8, 4) is 12.3 Å². The number of carbonyl (C=O) groups excluding carboxylic acids is 1. The first-order chi connectivity index (χ1) is 4.83. The van der Waals surface area contributed by atoms with Crippen molar-refractivity contribution in [3.05, 3.63) is 0 Å². The molecular formula is C7H9NO2. The number of terminal acetylenes is 1. The van der Waals surface area contributed by atoms with E-state index < -0.39 is 0 Å². The van der Waals surface area contributed by atoms with Gasteiger partial charge in [-0.2, -0.15) is 5.06 Å². The molecule has 0 atom stereocenters. The highest BCUT2D eigenvalue weighted by Crippen LogP contribution is 2.03. The molecule has 1 aliphatic rings. The Hall–Kier alpha value is -0.850. The summed E-state index contributed by atoms with van der Waals surface area (Å²) in [6.07, 6.45) is 5.54. The second-order valence-electron chi connectivity index (χ2n) is 2.13. The van der Waals surface area contributed by atoms with Crippen molar-refractivity contribution in [2.75, 3.05) is 19.7 Å². The van der Waals surface area contributed by atoms with Gasteiger partial charge in [0.1, 0.15) is 6.61 Å². The average Bonchev–Trinajstić information content (AvgIpc) is 2.31. The van der Waals surface area contributed by atoms with E-state index in [1.54, 1.807) is 5.06 Å².